The van der Waals surface area contributed by atoms with Crippen molar-refractivity contribution in [1.29, 1.82) is 0 Å². The first-order chi connectivity index (χ1) is 11.7. The number of carbonyl (C=O) groups is 1. The number of rotatable bonds is 5. The Morgan fingerprint density at radius 3 is 3.12 bits per heavy atom. The number of nitrogens with one attached hydrogen (secondary N) is 2. The number of aromatic amines is 1. The molecule has 3 N–H and O–H groups in total. The van der Waals surface area contributed by atoms with Gasteiger partial charge in [0, 0.05) is 12.0 Å². The summed E-state index contributed by atoms with van der Waals surface area (Å²) in [6.45, 7) is 0.923. The van der Waals surface area contributed by atoms with E-state index in [-0.39, 0.29) is 31.1 Å². The van der Waals surface area contributed by atoms with Crippen LogP contribution in [-0.4, -0.2) is 59.6 Å². The number of aromatic nitrogens is 2. The summed E-state index contributed by atoms with van der Waals surface area (Å²) in [5.74, 6) is -0.429. The molecule has 1 saturated heterocycles. The van der Waals surface area contributed by atoms with Crippen LogP contribution in [-0.2, 0) is 9.47 Å². The van der Waals surface area contributed by atoms with E-state index in [1.54, 1.807) is 24.3 Å². The Bertz CT molecular complexity index is 776. The van der Waals surface area contributed by atoms with Gasteiger partial charge in [0.25, 0.3) is 5.91 Å². The number of fused-ring (bicyclic) bond motifs is 1. The van der Waals surface area contributed by atoms with Crippen LogP contribution < -0.4 is 11.0 Å². The Kier molecular flexibility index (Phi) is 5.19. The maximum atomic E-state index is 12.6. The Labute approximate surface area is 137 Å². The van der Waals surface area contributed by atoms with Crippen LogP contribution in [0.15, 0.2) is 29.1 Å². The van der Waals surface area contributed by atoms with Crippen molar-refractivity contribution < 1.29 is 19.4 Å². The van der Waals surface area contributed by atoms with Gasteiger partial charge in [-0.2, -0.15) is 4.98 Å². The van der Waals surface area contributed by atoms with Gasteiger partial charge in [0.2, 0.25) is 0 Å². The molecule has 1 aromatic carbocycles. The molecular formula is C16H19N3O5. The molecule has 1 fully saturated rings. The van der Waals surface area contributed by atoms with Crippen molar-refractivity contribution in [2.24, 2.45) is 0 Å². The maximum absolute atomic E-state index is 12.6. The molecule has 24 heavy (non-hydrogen) atoms. The summed E-state index contributed by atoms with van der Waals surface area (Å²) in [4.78, 5) is 30.7. The van der Waals surface area contributed by atoms with Crippen LogP contribution in [0.2, 0.25) is 0 Å². The minimum Gasteiger partial charge on any atom is -0.394 e. The Morgan fingerprint density at radius 2 is 2.29 bits per heavy atom. The van der Waals surface area contributed by atoms with E-state index in [2.05, 4.69) is 15.3 Å². The summed E-state index contributed by atoms with van der Waals surface area (Å²) < 4.78 is 10.9. The highest BCUT2D eigenvalue weighted by Gasteiger charge is 2.29. The zero-order valence-electron chi connectivity index (χ0n) is 13.0. The van der Waals surface area contributed by atoms with E-state index in [1.165, 1.54) is 0 Å². The molecule has 0 unspecified atom stereocenters. The van der Waals surface area contributed by atoms with Gasteiger partial charge in [0.05, 0.1) is 31.4 Å². The van der Waals surface area contributed by atoms with E-state index in [0.717, 1.165) is 0 Å². The number of para-hydroxylation sites is 1. The average Bonchev–Trinajstić information content (AvgIpc) is 2.60. The Balaban J connectivity index is 1.82. The Hall–Kier alpha value is -2.29. The molecule has 0 aliphatic carbocycles. The SMILES string of the molecule is O=C(N[C@@H]1CCOC[C@H]1OCCO)c1nc(=O)[nH]c2ccccc12. The van der Waals surface area contributed by atoms with Gasteiger partial charge in [-0.25, -0.2) is 4.79 Å². The number of hydrogen-bond donors (Lipinski definition) is 3. The molecule has 128 valence electrons. The molecule has 1 aliphatic rings. The summed E-state index contributed by atoms with van der Waals surface area (Å²) in [7, 11) is 0. The highest BCUT2D eigenvalue weighted by molar-refractivity contribution is 6.04. The van der Waals surface area contributed by atoms with Gasteiger partial charge < -0.3 is 24.9 Å². The quantitative estimate of drug-likeness (QED) is 0.699. The predicted molar refractivity (Wildman–Crippen MR) is 85.9 cm³/mol. The van der Waals surface area contributed by atoms with Gasteiger partial charge in [0.15, 0.2) is 0 Å². The van der Waals surface area contributed by atoms with E-state index < -0.39 is 11.6 Å². The lowest BCUT2D eigenvalue weighted by molar-refractivity contribution is -0.0737. The lowest BCUT2D eigenvalue weighted by Crippen LogP contribution is -2.50. The first kappa shape index (κ1) is 16.6. The highest BCUT2D eigenvalue weighted by atomic mass is 16.5. The first-order valence-corrected chi connectivity index (χ1v) is 7.79. The lowest BCUT2D eigenvalue weighted by atomic mass is 10.1. The molecule has 0 radical (unpaired) electrons. The molecule has 2 heterocycles. The fourth-order valence-corrected chi connectivity index (χ4v) is 2.76. The van der Waals surface area contributed by atoms with Crippen molar-refractivity contribution in [2.45, 2.75) is 18.6 Å². The molecule has 1 aromatic heterocycles. The fraction of sp³-hybridized carbons (Fsp3) is 0.438. The normalized spacial score (nSPS) is 20.9. The monoisotopic (exact) mass is 333 g/mol. The zero-order valence-corrected chi connectivity index (χ0v) is 13.0. The summed E-state index contributed by atoms with van der Waals surface area (Å²) >= 11 is 0. The number of nitrogens with zero attached hydrogens (tertiary/aromatic N) is 1. The number of aliphatic hydroxyl groups is 1. The number of H-pyrrole nitrogens is 1. The molecule has 2 aromatic rings. The fourth-order valence-electron chi connectivity index (χ4n) is 2.76. The van der Waals surface area contributed by atoms with E-state index in [9.17, 15) is 9.59 Å². The van der Waals surface area contributed by atoms with Crippen LogP contribution in [0.1, 0.15) is 16.9 Å². The molecule has 0 bridgehead atoms. The third kappa shape index (κ3) is 3.61. The number of aliphatic hydroxyl groups excluding tert-OH is 1. The summed E-state index contributed by atoms with van der Waals surface area (Å²) in [5.41, 5.74) is 0.0726. The summed E-state index contributed by atoms with van der Waals surface area (Å²) in [5, 5.41) is 12.3. The van der Waals surface area contributed by atoms with Gasteiger partial charge in [-0.3, -0.25) is 4.79 Å². The van der Waals surface area contributed by atoms with Crippen molar-refractivity contribution in [3.05, 3.63) is 40.4 Å². The molecule has 0 saturated carbocycles. The number of carbonyl (C=O) groups excluding carboxylic acids is 1. The number of amides is 1. The van der Waals surface area contributed by atoms with E-state index in [0.29, 0.717) is 30.5 Å². The van der Waals surface area contributed by atoms with Crippen LogP contribution in [0.5, 0.6) is 0 Å². The second kappa shape index (κ2) is 7.52. The lowest BCUT2D eigenvalue weighted by Gasteiger charge is -2.31. The molecule has 8 heteroatoms. The van der Waals surface area contributed by atoms with Crippen molar-refractivity contribution in [1.82, 2.24) is 15.3 Å². The van der Waals surface area contributed by atoms with E-state index >= 15 is 0 Å². The van der Waals surface area contributed by atoms with Crippen molar-refractivity contribution in [2.75, 3.05) is 26.4 Å². The summed E-state index contributed by atoms with van der Waals surface area (Å²) in [6, 6.07) is 6.74. The number of hydrogen-bond acceptors (Lipinski definition) is 6. The van der Waals surface area contributed by atoms with Crippen molar-refractivity contribution in [3.8, 4) is 0 Å². The number of ether oxygens (including phenoxy) is 2. The van der Waals surface area contributed by atoms with Crippen LogP contribution in [0, 0.1) is 0 Å². The molecule has 1 amide bonds. The zero-order chi connectivity index (χ0) is 16.9. The molecule has 8 nitrogen and oxygen atoms in total. The third-order valence-electron chi connectivity index (χ3n) is 3.90. The largest absolute Gasteiger partial charge is 0.394 e. The van der Waals surface area contributed by atoms with E-state index in [4.69, 9.17) is 14.6 Å². The molecular weight excluding hydrogens is 314 g/mol. The van der Waals surface area contributed by atoms with E-state index in [1.807, 2.05) is 0 Å². The van der Waals surface area contributed by atoms with Gasteiger partial charge in [-0.1, -0.05) is 18.2 Å². The molecule has 0 spiro atoms. The molecule has 3 rings (SSSR count). The predicted octanol–water partition coefficient (Wildman–Crippen LogP) is -0.181. The number of benzene rings is 1. The minimum atomic E-state index is -0.570. The van der Waals surface area contributed by atoms with Gasteiger partial charge in [0.1, 0.15) is 11.8 Å². The van der Waals surface area contributed by atoms with Crippen LogP contribution in [0.4, 0.5) is 0 Å². The highest BCUT2D eigenvalue weighted by Crippen LogP contribution is 2.15. The Morgan fingerprint density at radius 1 is 1.46 bits per heavy atom. The first-order valence-electron chi connectivity index (χ1n) is 7.79. The second-order valence-corrected chi connectivity index (χ2v) is 5.51. The topological polar surface area (TPSA) is 114 Å². The minimum absolute atomic E-state index is 0.0850. The summed E-state index contributed by atoms with van der Waals surface area (Å²) in [6.07, 6.45) is 0.242. The van der Waals surface area contributed by atoms with Gasteiger partial charge in [-0.15, -0.1) is 0 Å². The smallest absolute Gasteiger partial charge is 0.346 e. The van der Waals surface area contributed by atoms with Gasteiger partial charge >= 0.3 is 5.69 Å². The average molecular weight is 333 g/mol. The van der Waals surface area contributed by atoms with Crippen molar-refractivity contribution >= 4 is 16.8 Å². The maximum Gasteiger partial charge on any atom is 0.346 e. The van der Waals surface area contributed by atoms with Crippen LogP contribution in [0.3, 0.4) is 0 Å². The van der Waals surface area contributed by atoms with Crippen LogP contribution in [0.25, 0.3) is 10.9 Å². The van der Waals surface area contributed by atoms with Gasteiger partial charge in [-0.05, 0) is 12.5 Å². The third-order valence-corrected chi connectivity index (χ3v) is 3.90. The standard InChI is InChI=1S/C16H19N3O5/c20-6-8-24-13-9-23-7-5-12(13)17-15(21)14-10-3-1-2-4-11(10)18-16(22)19-14/h1-4,12-13,20H,5-9H2,(H,17,21)(H,18,19,22)/t12-,13-/m1/s1. The van der Waals surface area contributed by atoms with Crippen molar-refractivity contribution in [3.63, 3.8) is 0 Å². The van der Waals surface area contributed by atoms with Crippen LogP contribution >= 0.6 is 0 Å². The molecule has 1 aliphatic heterocycles. The second-order valence-electron chi connectivity index (χ2n) is 5.51. The molecule has 2 atom stereocenters.